The van der Waals surface area contributed by atoms with Crippen molar-refractivity contribution < 1.29 is 19.2 Å². The van der Waals surface area contributed by atoms with E-state index in [0.29, 0.717) is 24.6 Å². The van der Waals surface area contributed by atoms with Crippen LogP contribution in [0.3, 0.4) is 0 Å². The van der Waals surface area contributed by atoms with Crippen LogP contribution in [0.4, 0.5) is 5.13 Å². The number of nitrogens with zero attached hydrogens (tertiary/aromatic N) is 4. The average Bonchev–Trinajstić information content (AvgIpc) is 3.36. The number of rotatable bonds is 6. The van der Waals surface area contributed by atoms with Crippen LogP contribution in [0.5, 0.6) is 0 Å². The van der Waals surface area contributed by atoms with E-state index in [-0.39, 0.29) is 28.2 Å². The number of carbonyl (C=O) groups excluding carboxylic acids is 3. The molecule has 0 spiro atoms. The van der Waals surface area contributed by atoms with Gasteiger partial charge < -0.3 is 21.6 Å². The molecule has 0 aromatic carbocycles. The molecule has 1 aromatic rings. The van der Waals surface area contributed by atoms with Crippen LogP contribution in [-0.4, -0.2) is 69.2 Å². The van der Waals surface area contributed by atoms with Crippen molar-refractivity contribution in [2.75, 3.05) is 25.1 Å². The number of oxime groups is 1. The zero-order chi connectivity index (χ0) is 22.3. The molecule has 4 rings (SSSR count). The predicted octanol–water partition coefficient (Wildman–Crippen LogP) is -0.437. The van der Waals surface area contributed by atoms with Gasteiger partial charge in [-0.1, -0.05) is 17.8 Å². The number of aliphatic imine (C=N–C) groups is 1. The molecule has 0 saturated carbocycles. The highest BCUT2D eigenvalue weighted by Crippen LogP contribution is 2.44. The Morgan fingerprint density at radius 1 is 1.42 bits per heavy atom. The minimum Gasteiger partial charge on any atom is -0.398 e. The molecule has 3 aliphatic heterocycles. The largest absolute Gasteiger partial charge is 0.398 e. The van der Waals surface area contributed by atoms with Gasteiger partial charge in [0.05, 0.1) is 5.70 Å². The molecule has 0 bridgehead atoms. The molecule has 2 amide bonds. The number of amides is 2. The first-order valence-corrected chi connectivity index (χ1v) is 11.5. The minimum absolute atomic E-state index is 0.0980. The second-order valence-electron chi connectivity index (χ2n) is 6.88. The van der Waals surface area contributed by atoms with Gasteiger partial charge in [0.1, 0.15) is 30.1 Å². The lowest BCUT2D eigenvalue weighted by molar-refractivity contribution is -0.146. The summed E-state index contributed by atoms with van der Waals surface area (Å²) in [7, 11) is 1.30. The van der Waals surface area contributed by atoms with Crippen molar-refractivity contribution in [3.63, 3.8) is 0 Å². The molecule has 1 unspecified atom stereocenters. The Hall–Kier alpha value is -2.58. The monoisotopic (exact) mass is 481 g/mol. The summed E-state index contributed by atoms with van der Waals surface area (Å²) in [6, 6.07) is -0.839. The third-order valence-electron chi connectivity index (χ3n) is 5.14. The number of thiol groups is 1. The van der Waals surface area contributed by atoms with E-state index < -0.39 is 28.3 Å². The van der Waals surface area contributed by atoms with Gasteiger partial charge in [0.25, 0.3) is 11.8 Å². The van der Waals surface area contributed by atoms with Crippen molar-refractivity contribution >= 4 is 69.3 Å². The topological polar surface area (TPSA) is 165 Å². The van der Waals surface area contributed by atoms with Gasteiger partial charge in [-0.3, -0.25) is 24.3 Å². The Kier molecular flexibility index (Phi) is 5.94. The summed E-state index contributed by atoms with van der Waals surface area (Å²) in [5.74, 6) is -0.293. The van der Waals surface area contributed by atoms with Crippen LogP contribution < -0.4 is 16.8 Å². The second-order valence-corrected chi connectivity index (χ2v) is 9.28. The normalized spacial score (nSPS) is 25.7. The molecule has 3 atom stereocenters. The standard InChI is InChI=1S/C17H19N7O4S3/c1-28-23-9(8-5-31-17(19)21-8)13(25)22-10-14(26)24-11(16(27)29)7(4-30-15(10)24)6-2-3-20-12(6)18/h5-6,10,15H,2-4H2,1H3,(H2,18,20)(H2,19,21)(H,22,25)(H,27,29)/t6?,10-,15-/m1/s1. The van der Waals surface area contributed by atoms with Crippen molar-refractivity contribution in [3.8, 4) is 0 Å². The lowest BCUT2D eigenvalue weighted by Gasteiger charge is -2.50. The lowest BCUT2D eigenvalue weighted by Crippen LogP contribution is -2.71. The quantitative estimate of drug-likeness (QED) is 0.184. The van der Waals surface area contributed by atoms with Crippen LogP contribution in [0.2, 0.25) is 0 Å². The Morgan fingerprint density at radius 2 is 2.19 bits per heavy atom. The van der Waals surface area contributed by atoms with E-state index in [4.69, 9.17) is 16.3 Å². The van der Waals surface area contributed by atoms with Gasteiger partial charge in [-0.2, -0.15) is 0 Å². The van der Waals surface area contributed by atoms with Crippen molar-refractivity contribution in [1.29, 1.82) is 0 Å². The number of thiazole rings is 1. The summed E-state index contributed by atoms with van der Waals surface area (Å²) in [6.45, 7) is 0.581. The highest BCUT2D eigenvalue weighted by atomic mass is 32.2. The molecule has 1 aromatic heterocycles. The molecule has 0 aliphatic carbocycles. The molecular weight excluding hydrogens is 462 g/mol. The first-order valence-electron chi connectivity index (χ1n) is 9.17. The molecule has 3 aliphatic rings. The summed E-state index contributed by atoms with van der Waals surface area (Å²) in [4.78, 5) is 52.4. The Balaban J connectivity index is 1.55. The summed E-state index contributed by atoms with van der Waals surface area (Å²) >= 11 is 6.57. The number of anilines is 1. The van der Waals surface area contributed by atoms with Crippen LogP contribution in [0.1, 0.15) is 12.1 Å². The molecule has 4 heterocycles. The van der Waals surface area contributed by atoms with Gasteiger partial charge in [0, 0.05) is 23.6 Å². The molecule has 164 valence electrons. The first-order chi connectivity index (χ1) is 14.8. The zero-order valence-corrected chi connectivity index (χ0v) is 18.8. The number of fused-ring (bicyclic) bond motifs is 1. The number of nitrogens with two attached hydrogens (primary N) is 2. The minimum atomic E-state index is -0.839. The van der Waals surface area contributed by atoms with E-state index in [1.54, 1.807) is 5.38 Å². The fourth-order valence-corrected chi connectivity index (χ4v) is 5.97. The third kappa shape index (κ3) is 3.78. The molecule has 11 nitrogen and oxygen atoms in total. The van der Waals surface area contributed by atoms with E-state index in [9.17, 15) is 14.4 Å². The number of carbonyl (C=O) groups is 3. The Morgan fingerprint density at radius 3 is 2.77 bits per heavy atom. The first kappa shape index (κ1) is 21.6. The van der Waals surface area contributed by atoms with E-state index in [0.717, 1.165) is 16.9 Å². The molecule has 5 N–H and O–H groups in total. The van der Waals surface area contributed by atoms with Gasteiger partial charge in [-0.05, 0) is 12.0 Å². The van der Waals surface area contributed by atoms with Crippen LogP contribution >= 0.6 is 35.7 Å². The molecule has 1 fully saturated rings. The summed E-state index contributed by atoms with van der Waals surface area (Å²) in [6.07, 6.45) is 0.687. The van der Waals surface area contributed by atoms with Gasteiger partial charge in [0.2, 0.25) is 5.12 Å². The summed E-state index contributed by atoms with van der Waals surface area (Å²) in [5, 5.41) is 7.26. The number of nitrogen functional groups attached to an aromatic ring is 1. The smallest absolute Gasteiger partial charge is 0.276 e. The number of thioether (sulfide) groups is 1. The summed E-state index contributed by atoms with van der Waals surface area (Å²) < 4.78 is 0. The van der Waals surface area contributed by atoms with Crippen molar-refractivity contribution in [3.05, 3.63) is 22.3 Å². The van der Waals surface area contributed by atoms with Crippen molar-refractivity contribution in [1.82, 2.24) is 15.2 Å². The van der Waals surface area contributed by atoms with Gasteiger partial charge in [0.15, 0.2) is 10.8 Å². The maximum Gasteiger partial charge on any atom is 0.276 e. The molecule has 14 heteroatoms. The number of aromatic nitrogens is 1. The van der Waals surface area contributed by atoms with Crippen LogP contribution in [0.15, 0.2) is 26.8 Å². The highest BCUT2D eigenvalue weighted by molar-refractivity contribution is 8.00. The van der Waals surface area contributed by atoms with Crippen LogP contribution in [0, 0.1) is 5.92 Å². The van der Waals surface area contributed by atoms with E-state index in [2.05, 4.69) is 33.1 Å². The Labute approximate surface area is 190 Å². The number of amidine groups is 1. The fraction of sp³-hybridized carbons (Fsp3) is 0.412. The second kappa shape index (κ2) is 8.51. The van der Waals surface area contributed by atoms with E-state index in [1.807, 2.05) is 0 Å². The van der Waals surface area contributed by atoms with Crippen molar-refractivity contribution in [2.24, 2.45) is 21.8 Å². The maximum absolute atomic E-state index is 12.9. The van der Waals surface area contributed by atoms with E-state index >= 15 is 0 Å². The number of hydrogen-bond donors (Lipinski definition) is 4. The molecular formula is C17H19N7O4S3. The molecule has 1 saturated heterocycles. The zero-order valence-electron chi connectivity index (χ0n) is 16.3. The average molecular weight is 482 g/mol. The number of hydrogen-bond acceptors (Lipinski definition) is 11. The maximum atomic E-state index is 12.9. The Bertz CT molecular complexity index is 1050. The fourth-order valence-electron chi connectivity index (χ4n) is 3.74. The number of nitrogens with one attached hydrogen (secondary N) is 1. The van der Waals surface area contributed by atoms with Crippen molar-refractivity contribution in [2.45, 2.75) is 17.8 Å². The SMILES string of the molecule is CON=C(C(=O)N[C@@H]1C(=O)N2C(C(=O)S)=C(C3CCN=C3N)CS[C@H]12)c1csc(N)n1. The molecule has 31 heavy (non-hydrogen) atoms. The van der Waals surface area contributed by atoms with Crippen LogP contribution in [0.25, 0.3) is 0 Å². The highest BCUT2D eigenvalue weighted by Gasteiger charge is 2.54. The number of β-lactam (4-membered cyclic amide) rings is 1. The third-order valence-corrected chi connectivity index (χ3v) is 7.33. The lowest BCUT2D eigenvalue weighted by atomic mass is 9.93. The van der Waals surface area contributed by atoms with Crippen LogP contribution in [-0.2, 0) is 19.2 Å². The molecule has 0 radical (unpaired) electrons. The summed E-state index contributed by atoms with van der Waals surface area (Å²) in [5.41, 5.74) is 12.7. The van der Waals surface area contributed by atoms with Gasteiger partial charge in [-0.25, -0.2) is 4.98 Å². The van der Waals surface area contributed by atoms with Gasteiger partial charge in [-0.15, -0.1) is 23.1 Å². The predicted molar refractivity (Wildman–Crippen MR) is 121 cm³/mol. The van der Waals surface area contributed by atoms with Gasteiger partial charge >= 0.3 is 0 Å². The van der Waals surface area contributed by atoms with E-state index in [1.165, 1.54) is 23.8 Å².